The molecule has 0 bridgehead atoms. The van der Waals surface area contributed by atoms with Crippen LogP contribution in [0.15, 0.2) is 30.7 Å². The van der Waals surface area contributed by atoms with Crippen molar-refractivity contribution in [1.82, 2.24) is 14.5 Å². The van der Waals surface area contributed by atoms with Crippen LogP contribution in [-0.4, -0.2) is 20.3 Å². The van der Waals surface area contributed by atoms with Gasteiger partial charge >= 0.3 is 0 Å². The lowest BCUT2D eigenvalue weighted by Crippen LogP contribution is -2.10. The third kappa shape index (κ3) is 1.71. The summed E-state index contributed by atoms with van der Waals surface area (Å²) < 4.78 is 1.65. The Balaban J connectivity index is 2.37. The Hall–Kier alpha value is -2.17. The van der Waals surface area contributed by atoms with Gasteiger partial charge in [-0.1, -0.05) is 0 Å². The van der Waals surface area contributed by atoms with Gasteiger partial charge in [-0.25, -0.2) is 4.98 Å². The third-order valence-electron chi connectivity index (χ3n) is 2.04. The molecule has 2 aromatic heterocycles. The number of rotatable bonds is 2. The van der Waals surface area contributed by atoms with Gasteiger partial charge in [-0.15, -0.1) is 0 Å². The number of carbonyl (C=O) groups excluding carboxylic acids is 1. The van der Waals surface area contributed by atoms with Gasteiger partial charge in [0.1, 0.15) is 5.69 Å². The number of ketones is 1. The maximum Gasteiger partial charge on any atom is 0.246 e. The first-order valence-corrected chi connectivity index (χ1v) is 4.42. The highest BCUT2D eigenvalue weighted by molar-refractivity contribution is 6.05. The number of hydrogen-bond acceptors (Lipinski definition) is 4. The summed E-state index contributed by atoms with van der Waals surface area (Å²) in [6, 6.07) is 3.23. The van der Waals surface area contributed by atoms with Crippen molar-refractivity contribution in [2.45, 2.75) is 0 Å². The van der Waals surface area contributed by atoms with E-state index in [1.54, 1.807) is 36.1 Å². The average Bonchev–Trinajstić information content (AvgIpc) is 2.65. The predicted molar refractivity (Wildman–Crippen MR) is 55.3 cm³/mol. The summed E-state index contributed by atoms with van der Waals surface area (Å²) >= 11 is 0. The minimum absolute atomic E-state index is 0.206. The monoisotopic (exact) mass is 202 g/mol. The molecule has 0 saturated heterocycles. The van der Waals surface area contributed by atoms with Gasteiger partial charge < -0.3 is 10.3 Å². The number of hydrogen-bond donors (Lipinski definition) is 1. The van der Waals surface area contributed by atoms with Crippen molar-refractivity contribution in [3.05, 3.63) is 42.2 Å². The van der Waals surface area contributed by atoms with Crippen LogP contribution >= 0.6 is 0 Å². The van der Waals surface area contributed by atoms with Gasteiger partial charge in [0.2, 0.25) is 5.78 Å². The number of nitrogen functional groups attached to an aromatic ring is 1. The number of imidazole rings is 1. The first kappa shape index (κ1) is 9.39. The second-order valence-electron chi connectivity index (χ2n) is 3.17. The highest BCUT2D eigenvalue weighted by atomic mass is 16.1. The highest BCUT2D eigenvalue weighted by Gasteiger charge is 2.14. The smallest absolute Gasteiger partial charge is 0.246 e. The Bertz CT molecular complexity index is 486. The summed E-state index contributed by atoms with van der Waals surface area (Å²) in [5, 5.41) is 0. The van der Waals surface area contributed by atoms with Crippen LogP contribution in [0, 0.1) is 0 Å². The molecule has 0 aliphatic rings. The molecule has 2 heterocycles. The SMILES string of the molecule is Cn1ccnc1C(=O)c1ccc(N)cn1. The van der Waals surface area contributed by atoms with E-state index in [4.69, 9.17) is 5.73 Å². The van der Waals surface area contributed by atoms with E-state index in [1.807, 2.05) is 0 Å². The minimum atomic E-state index is -0.206. The normalized spacial score (nSPS) is 10.2. The molecule has 0 amide bonds. The zero-order valence-electron chi connectivity index (χ0n) is 8.21. The second-order valence-corrected chi connectivity index (χ2v) is 3.17. The van der Waals surface area contributed by atoms with E-state index in [1.165, 1.54) is 6.20 Å². The lowest BCUT2D eigenvalue weighted by molar-refractivity contribution is 0.102. The van der Waals surface area contributed by atoms with Crippen LogP contribution in [-0.2, 0) is 7.05 Å². The molecule has 5 nitrogen and oxygen atoms in total. The second kappa shape index (κ2) is 3.53. The number of nitrogens with two attached hydrogens (primary N) is 1. The van der Waals surface area contributed by atoms with E-state index < -0.39 is 0 Å². The fourth-order valence-corrected chi connectivity index (χ4v) is 1.24. The van der Waals surface area contributed by atoms with Gasteiger partial charge in [0.25, 0.3) is 0 Å². The molecule has 5 heteroatoms. The van der Waals surface area contributed by atoms with E-state index in [0.717, 1.165) is 0 Å². The molecule has 0 radical (unpaired) electrons. The van der Waals surface area contributed by atoms with Crippen LogP contribution in [0.1, 0.15) is 16.3 Å². The molecular formula is C10H10N4O. The van der Waals surface area contributed by atoms with Gasteiger partial charge in [-0.2, -0.15) is 0 Å². The number of pyridine rings is 1. The number of aryl methyl sites for hydroxylation is 1. The standard InChI is InChI=1S/C10H10N4O/c1-14-5-4-12-10(14)9(15)8-3-2-7(11)6-13-8/h2-6H,11H2,1H3. The average molecular weight is 202 g/mol. The fraction of sp³-hybridized carbons (Fsp3) is 0.100. The molecule has 0 unspecified atom stereocenters. The first-order valence-electron chi connectivity index (χ1n) is 4.42. The van der Waals surface area contributed by atoms with Crippen LogP contribution in [0.4, 0.5) is 5.69 Å². The molecule has 2 N–H and O–H groups in total. The van der Waals surface area contributed by atoms with Crippen molar-refractivity contribution in [2.24, 2.45) is 7.05 Å². The summed E-state index contributed by atoms with van der Waals surface area (Å²) in [5.74, 6) is 0.162. The lowest BCUT2D eigenvalue weighted by Gasteiger charge is -2.00. The summed E-state index contributed by atoms with van der Waals surface area (Å²) in [5.41, 5.74) is 6.36. The fourth-order valence-electron chi connectivity index (χ4n) is 1.24. The van der Waals surface area contributed by atoms with Crippen molar-refractivity contribution in [1.29, 1.82) is 0 Å². The number of nitrogens with zero attached hydrogens (tertiary/aromatic N) is 3. The lowest BCUT2D eigenvalue weighted by atomic mass is 10.2. The molecule has 2 rings (SSSR count). The van der Waals surface area contributed by atoms with Crippen LogP contribution < -0.4 is 5.73 Å². The summed E-state index contributed by atoms with van der Waals surface area (Å²) in [7, 11) is 1.76. The van der Waals surface area contributed by atoms with Crippen LogP contribution in [0.5, 0.6) is 0 Å². The molecule has 0 atom stereocenters. The Kier molecular flexibility index (Phi) is 2.21. The Morgan fingerprint density at radius 3 is 2.73 bits per heavy atom. The van der Waals surface area contributed by atoms with Crippen molar-refractivity contribution in [3.63, 3.8) is 0 Å². The number of carbonyl (C=O) groups is 1. The van der Waals surface area contributed by atoms with Crippen molar-refractivity contribution in [2.75, 3.05) is 5.73 Å². The molecule has 15 heavy (non-hydrogen) atoms. The van der Waals surface area contributed by atoms with E-state index >= 15 is 0 Å². The first-order chi connectivity index (χ1) is 7.18. The molecule has 0 saturated carbocycles. The maximum atomic E-state index is 11.9. The summed E-state index contributed by atoms with van der Waals surface area (Å²) in [6.07, 6.45) is 4.74. The minimum Gasteiger partial charge on any atom is -0.397 e. The Labute approximate surface area is 86.6 Å². The van der Waals surface area contributed by atoms with Crippen molar-refractivity contribution in [3.8, 4) is 0 Å². The topological polar surface area (TPSA) is 73.8 Å². The van der Waals surface area contributed by atoms with E-state index in [9.17, 15) is 4.79 Å². The largest absolute Gasteiger partial charge is 0.397 e. The van der Waals surface area contributed by atoms with Crippen LogP contribution in [0.25, 0.3) is 0 Å². The van der Waals surface area contributed by atoms with Crippen molar-refractivity contribution >= 4 is 11.5 Å². The number of anilines is 1. The molecule has 0 aliphatic heterocycles. The van der Waals surface area contributed by atoms with Gasteiger partial charge in [-0.05, 0) is 12.1 Å². The predicted octanol–water partition coefficient (Wildman–Crippen LogP) is 0.628. The highest BCUT2D eigenvalue weighted by Crippen LogP contribution is 2.06. The third-order valence-corrected chi connectivity index (χ3v) is 2.04. The van der Waals surface area contributed by atoms with Crippen LogP contribution in [0.3, 0.4) is 0 Å². The molecule has 0 spiro atoms. The Morgan fingerprint density at radius 1 is 1.40 bits per heavy atom. The van der Waals surface area contributed by atoms with Crippen molar-refractivity contribution < 1.29 is 4.79 Å². The zero-order valence-corrected chi connectivity index (χ0v) is 8.21. The molecule has 76 valence electrons. The van der Waals surface area contributed by atoms with E-state index in [0.29, 0.717) is 17.2 Å². The van der Waals surface area contributed by atoms with Gasteiger partial charge in [0.05, 0.1) is 11.9 Å². The molecule has 0 aromatic carbocycles. The maximum absolute atomic E-state index is 11.9. The van der Waals surface area contributed by atoms with Gasteiger partial charge in [0.15, 0.2) is 5.82 Å². The summed E-state index contributed by atoms with van der Waals surface area (Å²) in [6.45, 7) is 0. The summed E-state index contributed by atoms with van der Waals surface area (Å²) in [4.78, 5) is 19.8. The molecular weight excluding hydrogens is 192 g/mol. The van der Waals surface area contributed by atoms with E-state index in [2.05, 4.69) is 9.97 Å². The number of aromatic nitrogens is 3. The quantitative estimate of drug-likeness (QED) is 0.725. The van der Waals surface area contributed by atoms with Gasteiger partial charge in [0, 0.05) is 19.4 Å². The Morgan fingerprint density at radius 2 is 2.20 bits per heavy atom. The molecule has 0 aliphatic carbocycles. The zero-order chi connectivity index (χ0) is 10.8. The van der Waals surface area contributed by atoms with E-state index in [-0.39, 0.29) is 5.78 Å². The molecule has 0 fully saturated rings. The molecule has 2 aromatic rings. The van der Waals surface area contributed by atoms with Crippen LogP contribution in [0.2, 0.25) is 0 Å². The van der Waals surface area contributed by atoms with Gasteiger partial charge in [-0.3, -0.25) is 9.78 Å².